The number of rotatable bonds is 2. The third kappa shape index (κ3) is 2.90. The fraction of sp³-hybridized carbons (Fsp3) is 0.500. The fourth-order valence-electron chi connectivity index (χ4n) is 2.28. The summed E-state index contributed by atoms with van der Waals surface area (Å²) in [6, 6.07) is 5.79. The van der Waals surface area contributed by atoms with Crippen LogP contribution in [-0.4, -0.2) is 32.0 Å². The quantitative estimate of drug-likeness (QED) is 0.852. The van der Waals surface area contributed by atoms with Gasteiger partial charge in [-0.15, -0.1) is 0 Å². The Balaban J connectivity index is 2.29. The van der Waals surface area contributed by atoms with Gasteiger partial charge in [-0.25, -0.2) is 8.42 Å². The summed E-state index contributed by atoms with van der Waals surface area (Å²) >= 11 is 0. The third-order valence-corrected chi connectivity index (χ3v) is 5.32. The predicted molar refractivity (Wildman–Crippen MR) is 68.4 cm³/mol. The number of nitrogens with two attached hydrogens (primary N) is 1. The van der Waals surface area contributed by atoms with Crippen LogP contribution in [0.15, 0.2) is 29.2 Å². The number of nitrogen functional groups attached to an aromatic ring is 1. The molecule has 1 fully saturated rings. The molecule has 0 aromatic heterocycles. The molecular formula is C12H15F3N2O2S. The molecular weight excluding hydrogens is 293 g/mol. The normalized spacial score (nSPS) is 21.9. The molecule has 2 N–H and O–H groups in total. The lowest BCUT2D eigenvalue weighted by atomic mass is 9.99. The van der Waals surface area contributed by atoms with Gasteiger partial charge in [-0.05, 0) is 25.0 Å². The number of benzene rings is 1. The van der Waals surface area contributed by atoms with Crippen molar-refractivity contribution in [3.63, 3.8) is 0 Å². The number of nitrogens with zero attached hydrogens (tertiary/aromatic N) is 1. The van der Waals surface area contributed by atoms with E-state index in [1.807, 2.05) is 0 Å². The van der Waals surface area contributed by atoms with E-state index in [-0.39, 0.29) is 30.0 Å². The predicted octanol–water partition coefficient (Wildman–Crippen LogP) is 2.23. The van der Waals surface area contributed by atoms with E-state index in [1.165, 1.54) is 18.2 Å². The van der Waals surface area contributed by atoms with Gasteiger partial charge in [-0.3, -0.25) is 0 Å². The Labute approximate surface area is 115 Å². The van der Waals surface area contributed by atoms with Crippen molar-refractivity contribution in [2.75, 3.05) is 18.8 Å². The van der Waals surface area contributed by atoms with Gasteiger partial charge in [-0.2, -0.15) is 17.5 Å². The summed E-state index contributed by atoms with van der Waals surface area (Å²) in [7, 11) is -3.98. The maximum Gasteiger partial charge on any atom is 0.393 e. The number of hydrogen-bond acceptors (Lipinski definition) is 3. The molecule has 0 bridgehead atoms. The molecule has 2 rings (SSSR count). The summed E-state index contributed by atoms with van der Waals surface area (Å²) in [6.45, 7) is -0.455. The molecule has 1 saturated heterocycles. The van der Waals surface area contributed by atoms with Crippen molar-refractivity contribution in [2.24, 2.45) is 5.92 Å². The number of piperidine rings is 1. The summed E-state index contributed by atoms with van der Waals surface area (Å²) in [5.74, 6) is -1.61. The minimum Gasteiger partial charge on any atom is -0.398 e. The lowest BCUT2D eigenvalue weighted by Crippen LogP contribution is -2.44. The highest BCUT2D eigenvalue weighted by Crippen LogP contribution is 2.35. The molecule has 0 radical (unpaired) electrons. The average Bonchev–Trinajstić information content (AvgIpc) is 2.38. The standard InChI is InChI=1S/C12H15F3N2O2S/c13-12(14,15)9-4-3-7-17(8-9)20(18,19)11-6-2-1-5-10(11)16/h1-2,5-6,9H,3-4,7-8,16H2. The molecule has 1 aromatic rings. The second-order valence-electron chi connectivity index (χ2n) is 4.78. The van der Waals surface area contributed by atoms with Crippen molar-refractivity contribution in [1.82, 2.24) is 4.31 Å². The Morgan fingerprint density at radius 2 is 1.90 bits per heavy atom. The van der Waals surface area contributed by atoms with E-state index >= 15 is 0 Å². The van der Waals surface area contributed by atoms with Crippen molar-refractivity contribution in [3.05, 3.63) is 24.3 Å². The molecule has 1 aromatic carbocycles. The Kier molecular flexibility index (Phi) is 3.97. The van der Waals surface area contributed by atoms with Crippen LogP contribution in [0.4, 0.5) is 18.9 Å². The third-order valence-electron chi connectivity index (χ3n) is 3.38. The molecule has 1 atom stereocenters. The molecule has 0 amide bonds. The van der Waals surface area contributed by atoms with Gasteiger partial charge in [0.05, 0.1) is 11.6 Å². The molecule has 0 aliphatic carbocycles. The molecule has 4 nitrogen and oxygen atoms in total. The summed E-state index contributed by atoms with van der Waals surface area (Å²) in [5.41, 5.74) is 5.65. The molecule has 1 aliphatic rings. The van der Waals surface area contributed by atoms with Crippen LogP contribution in [0.25, 0.3) is 0 Å². The lowest BCUT2D eigenvalue weighted by molar-refractivity contribution is -0.182. The molecule has 0 spiro atoms. The van der Waals surface area contributed by atoms with Crippen LogP contribution >= 0.6 is 0 Å². The molecule has 0 saturated carbocycles. The number of para-hydroxylation sites is 1. The summed E-state index contributed by atoms with van der Waals surface area (Å²) in [6.07, 6.45) is -4.23. The van der Waals surface area contributed by atoms with Crippen LogP contribution in [0.3, 0.4) is 0 Å². The summed E-state index contributed by atoms with van der Waals surface area (Å²) in [4.78, 5) is -0.136. The number of alkyl halides is 3. The van der Waals surface area contributed by atoms with Gasteiger partial charge in [0.1, 0.15) is 4.90 Å². The van der Waals surface area contributed by atoms with Crippen molar-refractivity contribution in [3.8, 4) is 0 Å². The van der Waals surface area contributed by atoms with Crippen LogP contribution < -0.4 is 5.73 Å². The largest absolute Gasteiger partial charge is 0.398 e. The molecule has 112 valence electrons. The lowest BCUT2D eigenvalue weighted by Gasteiger charge is -2.33. The Bertz CT molecular complexity index is 587. The highest BCUT2D eigenvalue weighted by molar-refractivity contribution is 7.89. The summed E-state index contributed by atoms with van der Waals surface area (Å²) < 4.78 is 63.8. The maximum absolute atomic E-state index is 12.7. The van der Waals surface area contributed by atoms with Crippen LogP contribution in [0.2, 0.25) is 0 Å². The minimum atomic E-state index is -4.38. The highest BCUT2D eigenvalue weighted by atomic mass is 32.2. The van der Waals surface area contributed by atoms with Crippen LogP contribution in [0.5, 0.6) is 0 Å². The zero-order chi connectivity index (χ0) is 15.0. The average molecular weight is 308 g/mol. The van der Waals surface area contributed by atoms with Gasteiger partial charge >= 0.3 is 6.18 Å². The molecule has 1 aliphatic heterocycles. The van der Waals surface area contributed by atoms with E-state index in [9.17, 15) is 21.6 Å². The first-order valence-corrected chi connectivity index (χ1v) is 7.58. The van der Waals surface area contributed by atoms with Gasteiger partial charge < -0.3 is 5.73 Å². The minimum absolute atomic E-state index is 0.0419. The van der Waals surface area contributed by atoms with Crippen molar-refractivity contribution >= 4 is 15.7 Å². The van der Waals surface area contributed by atoms with Gasteiger partial charge in [0.2, 0.25) is 10.0 Å². The van der Waals surface area contributed by atoms with E-state index in [2.05, 4.69) is 0 Å². The first kappa shape index (κ1) is 15.1. The molecule has 1 heterocycles. The van der Waals surface area contributed by atoms with Gasteiger partial charge in [-0.1, -0.05) is 12.1 Å². The topological polar surface area (TPSA) is 63.4 Å². The first-order valence-electron chi connectivity index (χ1n) is 6.14. The second kappa shape index (κ2) is 5.25. The monoisotopic (exact) mass is 308 g/mol. The number of sulfonamides is 1. The van der Waals surface area contributed by atoms with Crippen molar-refractivity contribution in [2.45, 2.75) is 23.9 Å². The number of hydrogen-bond donors (Lipinski definition) is 1. The summed E-state index contributed by atoms with van der Waals surface area (Å²) in [5, 5.41) is 0. The fourth-order valence-corrected chi connectivity index (χ4v) is 3.92. The first-order chi connectivity index (χ1) is 9.23. The maximum atomic E-state index is 12.7. The van der Waals surface area contributed by atoms with Crippen LogP contribution in [0.1, 0.15) is 12.8 Å². The van der Waals surface area contributed by atoms with Crippen LogP contribution in [0, 0.1) is 5.92 Å². The highest BCUT2D eigenvalue weighted by Gasteiger charge is 2.44. The van der Waals surface area contributed by atoms with Gasteiger partial charge in [0.15, 0.2) is 0 Å². The smallest absolute Gasteiger partial charge is 0.393 e. The van der Waals surface area contributed by atoms with Crippen molar-refractivity contribution in [1.29, 1.82) is 0 Å². The molecule has 20 heavy (non-hydrogen) atoms. The van der Waals surface area contributed by atoms with Gasteiger partial charge in [0, 0.05) is 13.1 Å². The van der Waals surface area contributed by atoms with E-state index in [0.29, 0.717) is 0 Å². The zero-order valence-corrected chi connectivity index (χ0v) is 11.4. The molecule has 8 heteroatoms. The van der Waals surface area contributed by atoms with E-state index < -0.39 is 28.7 Å². The van der Waals surface area contributed by atoms with E-state index in [0.717, 1.165) is 4.31 Å². The molecule has 1 unspecified atom stereocenters. The Morgan fingerprint density at radius 1 is 1.25 bits per heavy atom. The SMILES string of the molecule is Nc1ccccc1S(=O)(=O)N1CCCC(C(F)(F)F)C1. The number of anilines is 1. The van der Waals surface area contributed by atoms with Crippen LogP contribution in [-0.2, 0) is 10.0 Å². The van der Waals surface area contributed by atoms with E-state index in [1.54, 1.807) is 6.07 Å². The second-order valence-corrected chi connectivity index (χ2v) is 6.69. The Morgan fingerprint density at radius 3 is 2.50 bits per heavy atom. The zero-order valence-electron chi connectivity index (χ0n) is 10.6. The van der Waals surface area contributed by atoms with E-state index in [4.69, 9.17) is 5.73 Å². The van der Waals surface area contributed by atoms with Crippen molar-refractivity contribution < 1.29 is 21.6 Å². The Hall–Kier alpha value is -1.28. The van der Waals surface area contributed by atoms with Gasteiger partial charge in [0.25, 0.3) is 0 Å². The number of halogens is 3.